The van der Waals surface area contributed by atoms with E-state index in [9.17, 15) is 19.5 Å². The molecule has 3 aromatic rings. The third kappa shape index (κ3) is 5.30. The average molecular weight is 585 g/mol. The van der Waals surface area contributed by atoms with Crippen molar-refractivity contribution in [2.24, 2.45) is 0 Å². The number of halogens is 1. The Morgan fingerprint density at radius 3 is 2.57 bits per heavy atom. The largest absolute Gasteiger partial charge is 0.507 e. The van der Waals surface area contributed by atoms with Crippen LogP contribution >= 0.6 is 27.3 Å². The number of hydrogen-bond acceptors (Lipinski definition) is 8. The summed E-state index contributed by atoms with van der Waals surface area (Å²) in [4.78, 5) is 45.1. The van der Waals surface area contributed by atoms with Crippen molar-refractivity contribution >= 4 is 55.8 Å². The highest BCUT2D eigenvalue weighted by Gasteiger charge is 2.48. The predicted octanol–water partition coefficient (Wildman–Crippen LogP) is 5.81. The number of esters is 1. The number of anilines is 1. The van der Waals surface area contributed by atoms with Gasteiger partial charge < -0.3 is 14.6 Å². The summed E-state index contributed by atoms with van der Waals surface area (Å²) in [5.74, 6) is -2.04. The second kappa shape index (κ2) is 11.3. The molecule has 0 radical (unpaired) electrons. The van der Waals surface area contributed by atoms with Gasteiger partial charge in [0.15, 0.2) is 5.13 Å². The number of aliphatic hydroxyl groups excluding tert-OH is 1. The molecule has 0 bridgehead atoms. The number of ether oxygens (including phenoxy) is 2. The van der Waals surface area contributed by atoms with Crippen LogP contribution < -0.4 is 9.64 Å². The van der Waals surface area contributed by atoms with Crippen LogP contribution in [0.5, 0.6) is 5.75 Å². The number of rotatable bonds is 8. The number of nitrogens with zero attached hydrogens (tertiary/aromatic N) is 2. The normalized spacial score (nSPS) is 16.8. The van der Waals surface area contributed by atoms with Crippen LogP contribution in [0.25, 0.3) is 5.76 Å². The maximum absolute atomic E-state index is 13.4. The smallest absolute Gasteiger partial charge is 0.350 e. The summed E-state index contributed by atoms with van der Waals surface area (Å²) in [5.41, 5.74) is 1.24. The summed E-state index contributed by atoms with van der Waals surface area (Å²) >= 11 is 4.37. The fourth-order valence-electron chi connectivity index (χ4n) is 3.97. The van der Waals surface area contributed by atoms with Gasteiger partial charge in [0.05, 0.1) is 30.5 Å². The molecule has 10 heteroatoms. The van der Waals surface area contributed by atoms with Gasteiger partial charge in [0.1, 0.15) is 16.4 Å². The van der Waals surface area contributed by atoms with Crippen LogP contribution in [0.15, 0.2) is 58.6 Å². The van der Waals surface area contributed by atoms with E-state index in [1.807, 2.05) is 6.92 Å². The van der Waals surface area contributed by atoms with E-state index >= 15 is 0 Å². The van der Waals surface area contributed by atoms with Crippen molar-refractivity contribution in [3.63, 3.8) is 0 Å². The van der Waals surface area contributed by atoms with Gasteiger partial charge in [-0.3, -0.25) is 14.5 Å². The van der Waals surface area contributed by atoms with Gasteiger partial charge in [-0.05, 0) is 50.1 Å². The number of Topliss-reactive ketones (excluding diaryl/α,β-unsaturated/α-hetero) is 1. The number of amides is 1. The number of carbonyl (C=O) groups excluding carboxylic acids is 3. The van der Waals surface area contributed by atoms with Crippen LogP contribution in [0.4, 0.5) is 5.13 Å². The molecule has 192 valence electrons. The molecule has 0 spiro atoms. The molecular formula is C27H25BrN2O6S. The van der Waals surface area contributed by atoms with Gasteiger partial charge in [-0.1, -0.05) is 58.5 Å². The van der Waals surface area contributed by atoms with E-state index in [0.717, 1.165) is 22.2 Å². The van der Waals surface area contributed by atoms with Crippen molar-refractivity contribution in [3.05, 3.63) is 80.3 Å². The molecule has 1 N–H and O–H groups in total. The highest BCUT2D eigenvalue weighted by molar-refractivity contribution is 9.10. The van der Waals surface area contributed by atoms with Crippen molar-refractivity contribution < 1.29 is 29.0 Å². The van der Waals surface area contributed by atoms with E-state index in [2.05, 4.69) is 20.9 Å². The molecule has 0 saturated carbocycles. The number of benzene rings is 2. The van der Waals surface area contributed by atoms with Crippen LogP contribution in [-0.4, -0.2) is 41.0 Å². The number of hydrogen-bond donors (Lipinski definition) is 1. The standard InChI is InChI=1S/C27H25BrN2O6S/c1-4-13-36-19-8-6-7-17(14-19)22(31)20-21(16-9-11-18(28)12-10-16)30(25(33)23(20)32)27-29-15(3)24(37-27)26(34)35-5-2/h6-12,14,21,31H,4-5,13H2,1-3H3. The molecule has 1 amide bonds. The van der Waals surface area contributed by atoms with Crippen molar-refractivity contribution in [1.29, 1.82) is 0 Å². The first kappa shape index (κ1) is 26.6. The Hall–Kier alpha value is -3.50. The molecule has 2 aromatic carbocycles. The Morgan fingerprint density at radius 1 is 1.16 bits per heavy atom. The van der Waals surface area contributed by atoms with E-state index in [4.69, 9.17) is 9.47 Å². The van der Waals surface area contributed by atoms with Gasteiger partial charge in [0.2, 0.25) is 0 Å². The predicted molar refractivity (Wildman–Crippen MR) is 144 cm³/mol. The van der Waals surface area contributed by atoms with Crippen molar-refractivity contribution in [1.82, 2.24) is 4.98 Å². The summed E-state index contributed by atoms with van der Waals surface area (Å²) in [7, 11) is 0. The fraction of sp³-hybridized carbons (Fsp3) is 0.259. The van der Waals surface area contributed by atoms with Gasteiger partial charge in [-0.25, -0.2) is 9.78 Å². The quantitative estimate of drug-likeness (QED) is 0.154. The fourth-order valence-corrected chi connectivity index (χ4v) is 5.22. The highest BCUT2D eigenvalue weighted by Crippen LogP contribution is 2.44. The first-order valence-corrected chi connectivity index (χ1v) is 13.3. The molecule has 1 aliphatic heterocycles. The minimum absolute atomic E-state index is 0.0782. The molecule has 4 rings (SSSR count). The lowest BCUT2D eigenvalue weighted by atomic mass is 9.95. The Bertz CT molecular complexity index is 1380. The van der Waals surface area contributed by atoms with Gasteiger partial charge in [-0.2, -0.15) is 0 Å². The van der Waals surface area contributed by atoms with Crippen LogP contribution in [0.3, 0.4) is 0 Å². The van der Waals surface area contributed by atoms with Crippen LogP contribution in [0.1, 0.15) is 52.8 Å². The molecule has 1 atom stereocenters. The second-order valence-corrected chi connectivity index (χ2v) is 10.1. The van der Waals surface area contributed by atoms with E-state index in [1.54, 1.807) is 62.4 Å². The Morgan fingerprint density at radius 2 is 1.89 bits per heavy atom. The maximum atomic E-state index is 13.4. The highest BCUT2D eigenvalue weighted by atomic mass is 79.9. The first-order valence-electron chi connectivity index (χ1n) is 11.7. The molecule has 0 aliphatic carbocycles. The van der Waals surface area contributed by atoms with Gasteiger partial charge in [0.25, 0.3) is 5.78 Å². The van der Waals surface area contributed by atoms with Gasteiger partial charge in [0, 0.05) is 10.0 Å². The number of ketones is 1. The lowest BCUT2D eigenvalue weighted by molar-refractivity contribution is -0.132. The zero-order valence-electron chi connectivity index (χ0n) is 20.5. The maximum Gasteiger partial charge on any atom is 0.350 e. The van der Waals surface area contributed by atoms with E-state index in [-0.39, 0.29) is 27.9 Å². The molecule has 8 nitrogen and oxygen atoms in total. The second-order valence-electron chi connectivity index (χ2n) is 8.23. The number of thiazole rings is 1. The van der Waals surface area contributed by atoms with E-state index < -0.39 is 23.7 Å². The number of aryl methyl sites for hydroxylation is 1. The van der Waals surface area contributed by atoms with Crippen molar-refractivity contribution in [2.45, 2.75) is 33.2 Å². The molecule has 37 heavy (non-hydrogen) atoms. The summed E-state index contributed by atoms with van der Waals surface area (Å²) < 4.78 is 11.6. The third-order valence-electron chi connectivity index (χ3n) is 5.66. The topological polar surface area (TPSA) is 106 Å². The number of aliphatic hydroxyl groups is 1. The summed E-state index contributed by atoms with van der Waals surface area (Å²) in [6.07, 6.45) is 0.811. The van der Waals surface area contributed by atoms with Crippen molar-refractivity contribution in [2.75, 3.05) is 18.1 Å². The van der Waals surface area contributed by atoms with Gasteiger partial charge >= 0.3 is 11.9 Å². The molecule has 1 saturated heterocycles. The van der Waals surface area contributed by atoms with Crippen LogP contribution in [0.2, 0.25) is 0 Å². The lowest BCUT2D eigenvalue weighted by Crippen LogP contribution is -2.29. The minimum atomic E-state index is -0.964. The van der Waals surface area contributed by atoms with E-state index in [0.29, 0.717) is 29.2 Å². The molecule has 1 aliphatic rings. The van der Waals surface area contributed by atoms with E-state index in [1.165, 1.54) is 4.90 Å². The number of carbonyl (C=O) groups is 3. The monoisotopic (exact) mass is 584 g/mol. The molecule has 1 unspecified atom stereocenters. The summed E-state index contributed by atoms with van der Waals surface area (Å²) in [6.45, 7) is 6.01. The van der Waals surface area contributed by atoms with Crippen molar-refractivity contribution in [3.8, 4) is 5.75 Å². The minimum Gasteiger partial charge on any atom is -0.507 e. The van der Waals surface area contributed by atoms with Gasteiger partial charge in [-0.15, -0.1) is 0 Å². The summed E-state index contributed by atoms with van der Waals surface area (Å²) in [5, 5.41) is 11.5. The first-order chi connectivity index (χ1) is 17.8. The Kier molecular flexibility index (Phi) is 8.09. The molecule has 2 heterocycles. The Labute approximate surface area is 226 Å². The third-order valence-corrected chi connectivity index (χ3v) is 7.33. The number of aromatic nitrogens is 1. The molecule has 1 aromatic heterocycles. The van der Waals surface area contributed by atoms with Crippen LogP contribution in [-0.2, 0) is 14.3 Å². The summed E-state index contributed by atoms with van der Waals surface area (Å²) in [6, 6.07) is 12.9. The average Bonchev–Trinajstić information content (AvgIpc) is 3.40. The molecule has 1 fully saturated rings. The Balaban J connectivity index is 1.87. The van der Waals surface area contributed by atoms with Crippen LogP contribution in [0, 0.1) is 6.92 Å². The zero-order valence-corrected chi connectivity index (χ0v) is 22.9. The zero-order chi connectivity index (χ0) is 26.7. The molecular weight excluding hydrogens is 560 g/mol. The lowest BCUT2D eigenvalue weighted by Gasteiger charge is -2.23. The SMILES string of the molecule is CCCOc1cccc(C(O)=C2C(=O)C(=O)N(c3nc(C)c(C(=O)OCC)s3)C2c2ccc(Br)cc2)c1.